The van der Waals surface area contributed by atoms with E-state index >= 15 is 0 Å². The molecule has 88 valence electrons. The molecule has 0 atom stereocenters. The molecular formula is C12H11NO4. The Balaban J connectivity index is 2.39. The Morgan fingerprint density at radius 1 is 1.41 bits per heavy atom. The number of hydrogen-bond acceptors (Lipinski definition) is 4. The fourth-order valence-corrected chi connectivity index (χ4v) is 1.50. The number of benzene rings is 1. The van der Waals surface area contributed by atoms with Crippen molar-refractivity contribution in [3.05, 3.63) is 30.5 Å². The van der Waals surface area contributed by atoms with Gasteiger partial charge in [-0.3, -0.25) is 0 Å². The molecule has 0 aliphatic rings. The summed E-state index contributed by atoms with van der Waals surface area (Å²) in [4.78, 5) is 14.4. The minimum Gasteiger partial charge on any atom is -0.497 e. The molecular weight excluding hydrogens is 222 g/mol. The molecule has 2 rings (SSSR count). The zero-order valence-corrected chi connectivity index (χ0v) is 9.21. The lowest BCUT2D eigenvalue weighted by atomic mass is 10.1. The third kappa shape index (κ3) is 2.44. The number of aliphatic carboxylic acids is 1. The summed E-state index contributed by atoms with van der Waals surface area (Å²) in [5.41, 5.74) is 0. The zero-order chi connectivity index (χ0) is 12.3. The summed E-state index contributed by atoms with van der Waals surface area (Å²) in [6.07, 6.45) is 1.57. The lowest BCUT2D eigenvalue weighted by Crippen LogP contribution is -2.10. The summed E-state index contributed by atoms with van der Waals surface area (Å²) >= 11 is 0. The molecule has 17 heavy (non-hydrogen) atoms. The Hall–Kier alpha value is -2.30. The van der Waals surface area contributed by atoms with Gasteiger partial charge in [-0.1, -0.05) is 0 Å². The molecule has 1 N–H and O–H groups in total. The highest BCUT2D eigenvalue weighted by Crippen LogP contribution is 2.26. The molecule has 0 fully saturated rings. The highest BCUT2D eigenvalue weighted by Gasteiger charge is 2.06. The number of ether oxygens (including phenoxy) is 2. The van der Waals surface area contributed by atoms with E-state index in [9.17, 15) is 4.79 Å². The van der Waals surface area contributed by atoms with Gasteiger partial charge in [-0.2, -0.15) is 0 Å². The van der Waals surface area contributed by atoms with Crippen molar-refractivity contribution in [2.45, 2.75) is 0 Å². The average Bonchev–Trinajstić information content (AvgIpc) is 2.35. The number of nitrogens with zero attached hydrogens (tertiary/aromatic N) is 1. The van der Waals surface area contributed by atoms with E-state index < -0.39 is 12.6 Å². The summed E-state index contributed by atoms with van der Waals surface area (Å²) < 4.78 is 10.2. The third-order valence-electron chi connectivity index (χ3n) is 2.27. The molecule has 2 aromatic rings. The van der Waals surface area contributed by atoms with Gasteiger partial charge in [0, 0.05) is 11.6 Å². The molecule has 1 heterocycles. The van der Waals surface area contributed by atoms with Crippen LogP contribution in [-0.2, 0) is 4.79 Å². The summed E-state index contributed by atoms with van der Waals surface area (Å²) in [7, 11) is 1.59. The number of carboxylic acids is 1. The number of rotatable bonds is 4. The normalized spacial score (nSPS) is 10.2. The lowest BCUT2D eigenvalue weighted by molar-refractivity contribution is -0.139. The van der Waals surface area contributed by atoms with E-state index in [1.807, 2.05) is 12.1 Å². The Morgan fingerprint density at radius 2 is 2.24 bits per heavy atom. The molecule has 0 amide bonds. The van der Waals surface area contributed by atoms with E-state index in [0.29, 0.717) is 5.88 Å². The van der Waals surface area contributed by atoms with Crippen molar-refractivity contribution in [2.75, 3.05) is 13.7 Å². The maximum Gasteiger partial charge on any atom is 0.341 e. The van der Waals surface area contributed by atoms with Crippen LogP contribution in [0.5, 0.6) is 11.6 Å². The molecule has 0 aliphatic heterocycles. The van der Waals surface area contributed by atoms with Crippen LogP contribution in [-0.4, -0.2) is 29.8 Å². The van der Waals surface area contributed by atoms with Gasteiger partial charge in [0.1, 0.15) is 5.75 Å². The molecule has 1 aromatic heterocycles. The van der Waals surface area contributed by atoms with Gasteiger partial charge in [-0.25, -0.2) is 9.78 Å². The van der Waals surface area contributed by atoms with Gasteiger partial charge in [0.15, 0.2) is 6.61 Å². The Morgan fingerprint density at radius 3 is 2.94 bits per heavy atom. The lowest BCUT2D eigenvalue weighted by Gasteiger charge is -2.07. The van der Waals surface area contributed by atoms with Crippen molar-refractivity contribution in [2.24, 2.45) is 0 Å². The fraction of sp³-hybridized carbons (Fsp3) is 0.167. The second kappa shape index (κ2) is 4.69. The Labute approximate surface area is 97.6 Å². The number of carbonyl (C=O) groups is 1. The minimum absolute atomic E-state index is 0.313. The monoisotopic (exact) mass is 233 g/mol. The molecule has 1 aromatic carbocycles. The number of pyridine rings is 1. The molecule has 5 heteroatoms. The molecule has 5 nitrogen and oxygen atoms in total. The first-order valence-corrected chi connectivity index (χ1v) is 4.98. The van der Waals surface area contributed by atoms with Crippen molar-refractivity contribution in [1.29, 1.82) is 0 Å². The van der Waals surface area contributed by atoms with Crippen LogP contribution in [0.4, 0.5) is 0 Å². The second-order valence-electron chi connectivity index (χ2n) is 3.39. The zero-order valence-electron chi connectivity index (χ0n) is 9.21. The van der Waals surface area contributed by atoms with Crippen molar-refractivity contribution in [1.82, 2.24) is 4.98 Å². The van der Waals surface area contributed by atoms with Crippen molar-refractivity contribution >= 4 is 16.7 Å². The van der Waals surface area contributed by atoms with Crippen molar-refractivity contribution in [3.63, 3.8) is 0 Å². The molecule has 0 saturated heterocycles. The summed E-state index contributed by atoms with van der Waals surface area (Å²) in [5, 5.41) is 10.2. The summed E-state index contributed by atoms with van der Waals surface area (Å²) in [5.74, 6) is 0.0118. The van der Waals surface area contributed by atoms with Gasteiger partial charge < -0.3 is 14.6 Å². The van der Waals surface area contributed by atoms with Gasteiger partial charge in [0.2, 0.25) is 5.88 Å². The third-order valence-corrected chi connectivity index (χ3v) is 2.27. The van der Waals surface area contributed by atoms with Gasteiger partial charge >= 0.3 is 5.97 Å². The first kappa shape index (κ1) is 11.2. The van der Waals surface area contributed by atoms with Crippen LogP contribution in [0.15, 0.2) is 30.5 Å². The first-order chi connectivity index (χ1) is 8.20. The van der Waals surface area contributed by atoms with E-state index in [2.05, 4.69) is 4.98 Å². The van der Waals surface area contributed by atoms with Crippen LogP contribution in [0.25, 0.3) is 10.8 Å². The van der Waals surface area contributed by atoms with Crippen LogP contribution >= 0.6 is 0 Å². The number of fused-ring (bicyclic) bond motifs is 1. The van der Waals surface area contributed by atoms with E-state index in [1.165, 1.54) is 0 Å². The Kier molecular flexibility index (Phi) is 3.09. The van der Waals surface area contributed by atoms with E-state index in [1.54, 1.807) is 25.4 Å². The standard InChI is InChI=1S/C12H11NO4/c1-16-9-2-3-10-8(6-9)4-5-13-12(10)17-7-11(14)15/h2-6H,7H2,1H3,(H,14,15). The average molecular weight is 233 g/mol. The largest absolute Gasteiger partial charge is 0.497 e. The fourth-order valence-electron chi connectivity index (χ4n) is 1.50. The van der Waals surface area contributed by atoms with Gasteiger partial charge in [-0.05, 0) is 29.7 Å². The molecule has 0 radical (unpaired) electrons. The van der Waals surface area contributed by atoms with Crippen LogP contribution in [0, 0.1) is 0 Å². The predicted molar refractivity (Wildman–Crippen MR) is 61.4 cm³/mol. The van der Waals surface area contributed by atoms with Crippen LogP contribution < -0.4 is 9.47 Å². The molecule has 0 aliphatic carbocycles. The number of aromatic nitrogens is 1. The highest BCUT2D eigenvalue weighted by atomic mass is 16.5. The molecule has 0 spiro atoms. The van der Waals surface area contributed by atoms with Crippen LogP contribution in [0.3, 0.4) is 0 Å². The number of methoxy groups -OCH3 is 1. The SMILES string of the molecule is COc1ccc2c(OCC(=O)O)nccc2c1. The molecule has 0 saturated carbocycles. The molecule has 0 bridgehead atoms. The summed E-state index contributed by atoms with van der Waals surface area (Å²) in [6.45, 7) is -0.405. The molecule has 0 unspecified atom stereocenters. The van der Waals surface area contributed by atoms with E-state index in [4.69, 9.17) is 14.6 Å². The topological polar surface area (TPSA) is 68.7 Å². The van der Waals surface area contributed by atoms with Gasteiger partial charge in [-0.15, -0.1) is 0 Å². The van der Waals surface area contributed by atoms with E-state index in [0.717, 1.165) is 16.5 Å². The van der Waals surface area contributed by atoms with Crippen LogP contribution in [0.2, 0.25) is 0 Å². The maximum atomic E-state index is 10.4. The van der Waals surface area contributed by atoms with Crippen molar-refractivity contribution in [3.8, 4) is 11.6 Å². The van der Waals surface area contributed by atoms with Crippen LogP contribution in [0.1, 0.15) is 0 Å². The second-order valence-corrected chi connectivity index (χ2v) is 3.39. The van der Waals surface area contributed by atoms with Gasteiger partial charge in [0.05, 0.1) is 7.11 Å². The predicted octanol–water partition coefficient (Wildman–Crippen LogP) is 1.71. The maximum absolute atomic E-state index is 10.4. The quantitative estimate of drug-likeness (QED) is 0.870. The summed E-state index contributed by atoms with van der Waals surface area (Å²) in [6, 6.07) is 7.21. The number of hydrogen-bond donors (Lipinski definition) is 1. The minimum atomic E-state index is -1.03. The Bertz CT molecular complexity index is 553. The van der Waals surface area contributed by atoms with Crippen molar-refractivity contribution < 1.29 is 19.4 Å². The first-order valence-electron chi connectivity index (χ1n) is 4.98. The highest BCUT2D eigenvalue weighted by molar-refractivity contribution is 5.88. The van der Waals surface area contributed by atoms with E-state index in [-0.39, 0.29) is 0 Å². The smallest absolute Gasteiger partial charge is 0.341 e. The van der Waals surface area contributed by atoms with Gasteiger partial charge in [0.25, 0.3) is 0 Å². The number of carboxylic acid groups (broad SMARTS) is 1.